The molecule has 1 aliphatic heterocycles. The third-order valence-corrected chi connectivity index (χ3v) is 5.15. The van der Waals surface area contributed by atoms with Crippen LogP contribution in [0, 0.1) is 0 Å². The summed E-state index contributed by atoms with van der Waals surface area (Å²) in [7, 11) is 0. The Hall–Kier alpha value is -1.85. The van der Waals surface area contributed by atoms with Gasteiger partial charge >= 0.3 is 0 Å². The van der Waals surface area contributed by atoms with Crippen molar-refractivity contribution >= 4 is 17.7 Å². The van der Waals surface area contributed by atoms with E-state index in [9.17, 15) is 4.79 Å². The molecule has 1 aromatic heterocycles. The Kier molecular flexibility index (Phi) is 3.94. The highest BCUT2D eigenvalue weighted by molar-refractivity contribution is 8.01. The Bertz CT molecular complexity index is 572. The highest BCUT2D eigenvalue weighted by Crippen LogP contribution is 2.43. The molecule has 21 heavy (non-hydrogen) atoms. The summed E-state index contributed by atoms with van der Waals surface area (Å²) in [6.45, 7) is 0.768. The number of nitrogens with zero attached hydrogens (tertiary/aromatic N) is 1. The smallest absolute Gasteiger partial charge is 0.249 e. The Morgan fingerprint density at radius 1 is 1.24 bits per heavy atom. The molecule has 5 heteroatoms. The number of hydrogen-bond donors (Lipinski definition) is 2. The van der Waals surface area contributed by atoms with Crippen LogP contribution in [0.4, 0.5) is 0 Å². The van der Waals surface area contributed by atoms with Gasteiger partial charge in [-0.1, -0.05) is 36.4 Å². The van der Waals surface area contributed by atoms with Crippen molar-refractivity contribution in [3.63, 3.8) is 0 Å². The quantitative estimate of drug-likeness (QED) is 0.902. The fraction of sp³-hybridized carbons (Fsp3) is 0.250. The summed E-state index contributed by atoms with van der Waals surface area (Å²) >= 11 is 1.57. The predicted octanol–water partition coefficient (Wildman–Crippen LogP) is 1.73. The van der Waals surface area contributed by atoms with Gasteiger partial charge in [0.1, 0.15) is 0 Å². The van der Waals surface area contributed by atoms with Crippen molar-refractivity contribution < 1.29 is 4.79 Å². The van der Waals surface area contributed by atoms with Crippen LogP contribution in [0.2, 0.25) is 0 Å². The number of benzene rings is 1. The highest BCUT2D eigenvalue weighted by atomic mass is 32.2. The largest absolute Gasteiger partial charge is 0.367 e. The number of rotatable bonds is 4. The molecular formula is C16H17N3OS. The molecule has 1 aliphatic rings. The van der Waals surface area contributed by atoms with Gasteiger partial charge in [0.25, 0.3) is 0 Å². The second-order valence-corrected chi connectivity index (χ2v) is 6.31. The van der Waals surface area contributed by atoms with E-state index < -0.39 is 4.87 Å². The van der Waals surface area contributed by atoms with E-state index in [2.05, 4.69) is 10.3 Å². The summed E-state index contributed by atoms with van der Waals surface area (Å²) in [5.41, 5.74) is 7.65. The SMILES string of the molecule is NC(=O)C1(C(c2ccccc2)c2ccccn2)NCCS1. The fourth-order valence-corrected chi connectivity index (χ4v) is 4.09. The molecule has 2 atom stereocenters. The maximum atomic E-state index is 12.2. The van der Waals surface area contributed by atoms with Gasteiger partial charge in [0.2, 0.25) is 5.91 Å². The number of pyridine rings is 1. The first-order valence-corrected chi connectivity index (χ1v) is 7.87. The van der Waals surface area contributed by atoms with E-state index in [1.165, 1.54) is 0 Å². The molecule has 2 heterocycles. The van der Waals surface area contributed by atoms with Crippen molar-refractivity contribution in [3.8, 4) is 0 Å². The number of aromatic nitrogens is 1. The van der Waals surface area contributed by atoms with Crippen LogP contribution in [0.15, 0.2) is 54.7 Å². The molecule has 0 spiro atoms. The molecule has 0 radical (unpaired) electrons. The Labute approximate surface area is 128 Å². The number of thioether (sulfide) groups is 1. The Morgan fingerprint density at radius 3 is 2.57 bits per heavy atom. The van der Waals surface area contributed by atoms with Crippen LogP contribution in [0.25, 0.3) is 0 Å². The van der Waals surface area contributed by atoms with Gasteiger partial charge in [-0.05, 0) is 17.7 Å². The molecule has 3 rings (SSSR count). The van der Waals surface area contributed by atoms with Crippen LogP contribution < -0.4 is 11.1 Å². The van der Waals surface area contributed by atoms with E-state index in [0.29, 0.717) is 0 Å². The highest BCUT2D eigenvalue weighted by Gasteiger charge is 2.49. The first-order chi connectivity index (χ1) is 10.2. The average Bonchev–Trinajstić information content (AvgIpc) is 3.00. The molecule has 108 valence electrons. The van der Waals surface area contributed by atoms with Gasteiger partial charge in [0.15, 0.2) is 4.87 Å². The number of nitrogens with one attached hydrogen (secondary N) is 1. The summed E-state index contributed by atoms with van der Waals surface area (Å²) in [6, 6.07) is 15.7. The van der Waals surface area contributed by atoms with E-state index in [1.807, 2.05) is 48.5 Å². The monoisotopic (exact) mass is 299 g/mol. The number of nitrogens with two attached hydrogens (primary N) is 1. The zero-order valence-electron chi connectivity index (χ0n) is 11.5. The van der Waals surface area contributed by atoms with E-state index >= 15 is 0 Å². The van der Waals surface area contributed by atoms with Gasteiger partial charge in [0.05, 0.1) is 11.6 Å². The Balaban J connectivity index is 2.15. The minimum Gasteiger partial charge on any atom is -0.367 e. The number of carbonyl (C=O) groups excluding carboxylic acids is 1. The van der Waals surface area contributed by atoms with Crippen molar-refractivity contribution in [2.45, 2.75) is 10.8 Å². The summed E-state index contributed by atoms with van der Waals surface area (Å²) in [6.07, 6.45) is 1.75. The van der Waals surface area contributed by atoms with Crippen LogP contribution in [0.5, 0.6) is 0 Å². The van der Waals surface area contributed by atoms with Gasteiger partial charge < -0.3 is 5.73 Å². The maximum Gasteiger partial charge on any atom is 0.249 e. The molecule has 1 aromatic carbocycles. The van der Waals surface area contributed by atoms with Crippen molar-refractivity contribution in [2.75, 3.05) is 12.3 Å². The zero-order valence-corrected chi connectivity index (χ0v) is 12.3. The van der Waals surface area contributed by atoms with Gasteiger partial charge in [-0.3, -0.25) is 15.1 Å². The summed E-state index contributed by atoms with van der Waals surface area (Å²) < 4.78 is 0. The molecule has 1 fully saturated rings. The standard InChI is InChI=1S/C16H17N3OS/c17-15(20)16(19-10-11-21-16)14(12-6-2-1-3-7-12)13-8-4-5-9-18-13/h1-9,14,19H,10-11H2,(H2,17,20). The van der Waals surface area contributed by atoms with Crippen molar-refractivity contribution in [1.29, 1.82) is 0 Å². The molecule has 1 amide bonds. The zero-order chi connectivity index (χ0) is 14.7. The molecule has 2 unspecified atom stereocenters. The van der Waals surface area contributed by atoms with Gasteiger partial charge in [0, 0.05) is 18.5 Å². The minimum atomic E-state index is -0.838. The van der Waals surface area contributed by atoms with Crippen LogP contribution in [-0.2, 0) is 4.79 Å². The van der Waals surface area contributed by atoms with Gasteiger partial charge in [-0.25, -0.2) is 0 Å². The Morgan fingerprint density at radius 2 is 2.00 bits per heavy atom. The van der Waals surface area contributed by atoms with Gasteiger partial charge in [-0.15, -0.1) is 11.8 Å². The summed E-state index contributed by atoms with van der Waals surface area (Å²) in [4.78, 5) is 15.9. The third-order valence-electron chi connectivity index (χ3n) is 3.71. The lowest BCUT2D eigenvalue weighted by Gasteiger charge is -2.34. The van der Waals surface area contributed by atoms with Gasteiger partial charge in [-0.2, -0.15) is 0 Å². The topological polar surface area (TPSA) is 68.0 Å². The lowest BCUT2D eigenvalue weighted by Crippen LogP contribution is -2.54. The second-order valence-electron chi connectivity index (χ2n) is 4.97. The number of amides is 1. The normalized spacial score (nSPS) is 22.9. The van der Waals surface area contributed by atoms with E-state index in [1.54, 1.807) is 18.0 Å². The predicted molar refractivity (Wildman–Crippen MR) is 84.9 cm³/mol. The lowest BCUT2D eigenvalue weighted by molar-refractivity contribution is -0.121. The van der Waals surface area contributed by atoms with Crippen molar-refractivity contribution in [2.24, 2.45) is 5.73 Å². The first kappa shape index (κ1) is 14.1. The van der Waals surface area contributed by atoms with E-state index in [-0.39, 0.29) is 11.8 Å². The average molecular weight is 299 g/mol. The fourth-order valence-electron chi connectivity index (χ4n) is 2.79. The lowest BCUT2D eigenvalue weighted by atomic mass is 9.87. The first-order valence-electron chi connectivity index (χ1n) is 6.89. The molecule has 0 bridgehead atoms. The van der Waals surface area contributed by atoms with Crippen LogP contribution in [0.1, 0.15) is 17.2 Å². The molecule has 4 nitrogen and oxygen atoms in total. The molecule has 1 saturated heterocycles. The van der Waals surface area contributed by atoms with Crippen molar-refractivity contribution in [1.82, 2.24) is 10.3 Å². The summed E-state index contributed by atoms with van der Waals surface area (Å²) in [5.74, 6) is 0.313. The number of primary amides is 1. The van der Waals surface area contributed by atoms with Crippen LogP contribution in [0.3, 0.4) is 0 Å². The van der Waals surface area contributed by atoms with E-state index in [4.69, 9.17) is 5.73 Å². The summed E-state index contributed by atoms with van der Waals surface area (Å²) in [5, 5.41) is 3.32. The molecule has 0 saturated carbocycles. The number of carbonyl (C=O) groups is 1. The minimum absolute atomic E-state index is 0.204. The third kappa shape index (κ3) is 2.54. The van der Waals surface area contributed by atoms with E-state index in [0.717, 1.165) is 23.6 Å². The van der Waals surface area contributed by atoms with Crippen LogP contribution >= 0.6 is 11.8 Å². The van der Waals surface area contributed by atoms with Crippen molar-refractivity contribution in [3.05, 3.63) is 66.0 Å². The molecule has 3 N–H and O–H groups in total. The number of hydrogen-bond acceptors (Lipinski definition) is 4. The maximum absolute atomic E-state index is 12.2. The molecular weight excluding hydrogens is 282 g/mol. The van der Waals surface area contributed by atoms with Crippen LogP contribution in [-0.4, -0.2) is 28.1 Å². The molecule has 2 aromatic rings. The second kappa shape index (κ2) is 5.87. The molecule has 0 aliphatic carbocycles.